The van der Waals surface area contributed by atoms with Crippen LogP contribution < -0.4 is 14.8 Å². The molecule has 1 aromatic rings. The van der Waals surface area contributed by atoms with E-state index in [9.17, 15) is 17.6 Å². The van der Waals surface area contributed by atoms with Crippen molar-refractivity contribution in [2.24, 2.45) is 23.2 Å². The molecule has 6 rings (SSSR count). The molecule has 4 aliphatic carbocycles. The van der Waals surface area contributed by atoms with Gasteiger partial charge in [0.05, 0.1) is 23.8 Å². The number of ether oxygens (including phenoxy) is 2. The Morgan fingerprint density at radius 3 is 2.47 bits per heavy atom. The van der Waals surface area contributed by atoms with Crippen molar-refractivity contribution in [1.29, 1.82) is 0 Å². The van der Waals surface area contributed by atoms with E-state index in [4.69, 9.17) is 21.1 Å². The maximum atomic E-state index is 14.7. The second kappa shape index (κ2) is 8.42. The van der Waals surface area contributed by atoms with E-state index in [1.165, 1.54) is 19.3 Å². The third kappa shape index (κ3) is 4.36. The minimum absolute atomic E-state index is 0.0446. The second-order valence-electron chi connectivity index (χ2n) is 9.95. The Labute approximate surface area is 192 Å². The molecular weight excluding hydrogens is 459 g/mol. The van der Waals surface area contributed by atoms with Gasteiger partial charge in [-0.2, -0.15) is 0 Å². The van der Waals surface area contributed by atoms with Gasteiger partial charge in [-0.1, -0.05) is 11.6 Å². The largest absolute Gasteiger partial charge is 0.491 e. The Hall–Kier alpha value is -1.42. The van der Waals surface area contributed by atoms with Gasteiger partial charge < -0.3 is 14.8 Å². The molecule has 1 unspecified atom stereocenters. The molecule has 10 heteroatoms. The standard InChI is InChI=1S/C22H28ClFN2O5S/c23-17-6-16(21(27)26-32(28,29)20-11-25-1-2-30-20)18(24)7-19(17)31-12-22-8-13-3-14(9-22)5-15(4-13)10-22/h6-7,13-15,20,25H,1-5,8-12H2,(H,26,27). The van der Waals surface area contributed by atoms with E-state index >= 15 is 0 Å². The van der Waals surface area contributed by atoms with Crippen molar-refractivity contribution >= 4 is 27.5 Å². The number of halogens is 2. The predicted molar refractivity (Wildman–Crippen MR) is 117 cm³/mol. The molecule has 1 aromatic carbocycles. The Kier molecular flexibility index (Phi) is 5.89. The number of amides is 1. The lowest BCUT2D eigenvalue weighted by Gasteiger charge is -2.56. The van der Waals surface area contributed by atoms with E-state index in [-0.39, 0.29) is 29.3 Å². The van der Waals surface area contributed by atoms with Crippen molar-refractivity contribution in [3.8, 4) is 5.75 Å². The zero-order valence-corrected chi connectivity index (χ0v) is 19.3. The molecule has 1 saturated heterocycles. The lowest BCUT2D eigenvalue weighted by Crippen LogP contribution is -2.49. The number of carbonyl (C=O) groups excluding carboxylic acids is 1. The highest BCUT2D eigenvalue weighted by atomic mass is 35.5. The molecule has 4 bridgehead atoms. The maximum Gasteiger partial charge on any atom is 0.267 e. The first-order valence-electron chi connectivity index (χ1n) is 11.2. The predicted octanol–water partition coefficient (Wildman–Crippen LogP) is 3.08. The van der Waals surface area contributed by atoms with Crippen molar-refractivity contribution in [1.82, 2.24) is 10.0 Å². The first kappa shape index (κ1) is 22.4. The number of nitrogens with one attached hydrogen (secondary N) is 2. The quantitative estimate of drug-likeness (QED) is 0.641. The number of hydrogen-bond donors (Lipinski definition) is 2. The summed E-state index contributed by atoms with van der Waals surface area (Å²) >= 11 is 6.30. The molecule has 1 atom stereocenters. The fourth-order valence-electron chi connectivity index (χ4n) is 6.50. The third-order valence-electron chi connectivity index (χ3n) is 7.44. The van der Waals surface area contributed by atoms with Gasteiger partial charge in [0.1, 0.15) is 11.6 Å². The van der Waals surface area contributed by atoms with Gasteiger partial charge in [-0.15, -0.1) is 0 Å². The van der Waals surface area contributed by atoms with Crippen LogP contribution in [0.15, 0.2) is 12.1 Å². The summed E-state index contributed by atoms with van der Waals surface area (Å²) < 4.78 is 52.5. The molecule has 0 aromatic heterocycles. The fourth-order valence-corrected chi connectivity index (χ4v) is 7.83. The summed E-state index contributed by atoms with van der Waals surface area (Å²) in [7, 11) is -4.13. The summed E-state index contributed by atoms with van der Waals surface area (Å²) in [6, 6.07) is 2.19. The van der Waals surface area contributed by atoms with Gasteiger partial charge in [-0.3, -0.25) is 4.79 Å². The second-order valence-corrected chi connectivity index (χ2v) is 12.2. The molecule has 7 nitrogen and oxygen atoms in total. The third-order valence-corrected chi connectivity index (χ3v) is 9.20. The molecule has 4 saturated carbocycles. The normalized spacial score (nSPS) is 33.8. The molecule has 176 valence electrons. The molecule has 2 N–H and O–H groups in total. The summed E-state index contributed by atoms with van der Waals surface area (Å²) in [4.78, 5) is 12.5. The van der Waals surface area contributed by atoms with Crippen LogP contribution in [-0.4, -0.2) is 46.1 Å². The van der Waals surface area contributed by atoms with Crippen LogP contribution in [0.5, 0.6) is 5.75 Å². The van der Waals surface area contributed by atoms with E-state index in [2.05, 4.69) is 5.32 Å². The van der Waals surface area contributed by atoms with Crippen LogP contribution in [0.1, 0.15) is 48.9 Å². The van der Waals surface area contributed by atoms with Crippen LogP contribution in [0, 0.1) is 29.0 Å². The van der Waals surface area contributed by atoms with Gasteiger partial charge in [0, 0.05) is 24.6 Å². The van der Waals surface area contributed by atoms with Crippen LogP contribution in [0.2, 0.25) is 5.02 Å². The highest BCUT2D eigenvalue weighted by Gasteiger charge is 2.51. The van der Waals surface area contributed by atoms with Gasteiger partial charge >= 0.3 is 0 Å². The molecular formula is C22H28ClFN2O5S. The van der Waals surface area contributed by atoms with Crippen LogP contribution in [-0.2, 0) is 14.8 Å². The van der Waals surface area contributed by atoms with Crippen molar-refractivity contribution in [2.45, 2.75) is 44.0 Å². The lowest BCUT2D eigenvalue weighted by atomic mass is 9.50. The summed E-state index contributed by atoms with van der Waals surface area (Å²) in [5.74, 6) is 0.519. The average molecular weight is 487 g/mol. The van der Waals surface area contributed by atoms with Crippen molar-refractivity contribution in [3.05, 3.63) is 28.5 Å². The number of rotatable bonds is 6. The smallest absolute Gasteiger partial charge is 0.267 e. The first-order chi connectivity index (χ1) is 15.2. The summed E-state index contributed by atoms with van der Waals surface area (Å²) in [5.41, 5.74) is -1.54. The molecule has 5 fully saturated rings. The summed E-state index contributed by atoms with van der Waals surface area (Å²) in [5, 5.41) is 2.95. The molecule has 5 aliphatic rings. The van der Waals surface area contributed by atoms with Crippen molar-refractivity contribution in [3.63, 3.8) is 0 Å². The van der Waals surface area contributed by atoms with Gasteiger partial charge in [0.25, 0.3) is 15.9 Å². The lowest BCUT2D eigenvalue weighted by molar-refractivity contribution is -0.0745. The summed E-state index contributed by atoms with van der Waals surface area (Å²) in [6.07, 6.45) is 7.41. The van der Waals surface area contributed by atoms with Gasteiger partial charge in [0.2, 0.25) is 0 Å². The Bertz CT molecular complexity index is 977. The first-order valence-corrected chi connectivity index (χ1v) is 13.2. The molecule has 1 amide bonds. The maximum absolute atomic E-state index is 14.7. The number of sulfonamides is 1. The molecule has 0 spiro atoms. The molecule has 1 heterocycles. The van der Waals surface area contributed by atoms with Gasteiger partial charge in [-0.25, -0.2) is 17.5 Å². The van der Waals surface area contributed by atoms with E-state index in [1.807, 2.05) is 4.72 Å². The van der Waals surface area contributed by atoms with E-state index in [0.717, 1.165) is 49.1 Å². The number of carbonyl (C=O) groups is 1. The highest BCUT2D eigenvalue weighted by molar-refractivity contribution is 7.90. The van der Waals surface area contributed by atoms with Crippen LogP contribution >= 0.6 is 11.6 Å². The van der Waals surface area contributed by atoms with Crippen molar-refractivity contribution < 1.29 is 27.1 Å². The van der Waals surface area contributed by atoms with E-state index < -0.39 is 32.7 Å². The van der Waals surface area contributed by atoms with Gasteiger partial charge in [0.15, 0.2) is 5.44 Å². The Morgan fingerprint density at radius 2 is 1.88 bits per heavy atom. The monoisotopic (exact) mass is 486 g/mol. The highest BCUT2D eigenvalue weighted by Crippen LogP contribution is 2.60. The minimum Gasteiger partial charge on any atom is -0.491 e. The summed E-state index contributed by atoms with van der Waals surface area (Å²) in [6.45, 7) is 1.26. The fraction of sp³-hybridized carbons (Fsp3) is 0.682. The van der Waals surface area contributed by atoms with Gasteiger partial charge in [-0.05, 0) is 62.3 Å². The number of hydrogen-bond acceptors (Lipinski definition) is 6. The molecule has 0 radical (unpaired) electrons. The van der Waals surface area contributed by atoms with Crippen LogP contribution in [0.4, 0.5) is 4.39 Å². The number of benzene rings is 1. The van der Waals surface area contributed by atoms with E-state index in [0.29, 0.717) is 13.2 Å². The molecule has 1 aliphatic heterocycles. The number of morpholine rings is 1. The zero-order chi connectivity index (χ0) is 22.5. The van der Waals surface area contributed by atoms with Crippen LogP contribution in [0.3, 0.4) is 0 Å². The van der Waals surface area contributed by atoms with Crippen molar-refractivity contribution in [2.75, 3.05) is 26.3 Å². The molecule has 32 heavy (non-hydrogen) atoms. The minimum atomic E-state index is -4.13. The van der Waals surface area contributed by atoms with E-state index in [1.54, 1.807) is 0 Å². The Morgan fingerprint density at radius 1 is 1.22 bits per heavy atom. The Balaban J connectivity index is 1.26. The average Bonchev–Trinajstić information content (AvgIpc) is 2.73. The zero-order valence-electron chi connectivity index (χ0n) is 17.7. The topological polar surface area (TPSA) is 93.7 Å². The SMILES string of the molecule is O=C(NS(=O)(=O)C1CNCCO1)c1cc(Cl)c(OCC23CC4CC(CC(C4)C2)C3)cc1F. The van der Waals surface area contributed by atoms with Crippen LogP contribution in [0.25, 0.3) is 0 Å².